The summed E-state index contributed by atoms with van der Waals surface area (Å²) >= 11 is 4.97. The number of anilines is 2. The summed E-state index contributed by atoms with van der Waals surface area (Å²) in [5, 5.41) is 6.73. The summed E-state index contributed by atoms with van der Waals surface area (Å²) in [6.45, 7) is 4.56. The van der Waals surface area contributed by atoms with Crippen LogP contribution in [0.25, 0.3) is 0 Å². The number of piperidine rings is 1. The van der Waals surface area contributed by atoms with Crippen molar-refractivity contribution in [3.63, 3.8) is 0 Å². The van der Waals surface area contributed by atoms with E-state index in [1.54, 1.807) is 11.3 Å². The Labute approximate surface area is 184 Å². The van der Waals surface area contributed by atoms with Gasteiger partial charge in [0, 0.05) is 21.6 Å². The predicted molar refractivity (Wildman–Crippen MR) is 122 cm³/mol. The molecule has 1 saturated heterocycles. The van der Waals surface area contributed by atoms with E-state index in [2.05, 4.69) is 38.4 Å². The van der Waals surface area contributed by atoms with Crippen LogP contribution in [-0.4, -0.2) is 36.3 Å². The summed E-state index contributed by atoms with van der Waals surface area (Å²) in [6, 6.07) is 7.53. The van der Waals surface area contributed by atoms with Crippen molar-refractivity contribution in [2.24, 2.45) is 5.92 Å². The van der Waals surface area contributed by atoms with Gasteiger partial charge in [-0.15, -0.1) is 11.3 Å². The van der Waals surface area contributed by atoms with Crippen molar-refractivity contribution < 1.29 is 9.59 Å². The molecule has 2 amide bonds. The molecule has 2 aliphatic rings. The molecule has 2 N–H and O–H groups in total. The lowest BCUT2D eigenvalue weighted by atomic mass is 10.0. The van der Waals surface area contributed by atoms with Crippen molar-refractivity contribution in [3.8, 4) is 0 Å². The largest absolute Gasteiger partial charge is 0.322 e. The number of hydrogen-bond donors (Lipinski definition) is 2. The van der Waals surface area contributed by atoms with Gasteiger partial charge in [-0.25, -0.2) is 0 Å². The van der Waals surface area contributed by atoms with Crippen molar-refractivity contribution in [2.45, 2.75) is 39.0 Å². The highest BCUT2D eigenvalue weighted by atomic mass is 79.9. The van der Waals surface area contributed by atoms with Crippen LogP contribution in [-0.2, 0) is 17.6 Å². The highest BCUT2D eigenvalue weighted by Gasteiger charge is 2.28. The first-order valence-corrected chi connectivity index (χ1v) is 11.8. The monoisotopic (exact) mass is 475 g/mol. The highest BCUT2D eigenvalue weighted by molar-refractivity contribution is 9.10. The van der Waals surface area contributed by atoms with E-state index in [0.29, 0.717) is 23.0 Å². The number of nitrogens with one attached hydrogen (secondary N) is 2. The fourth-order valence-electron chi connectivity index (χ4n) is 4.26. The molecule has 0 unspecified atom stereocenters. The molecule has 0 bridgehead atoms. The molecule has 1 aliphatic heterocycles. The Morgan fingerprint density at radius 1 is 1.17 bits per heavy atom. The fourth-order valence-corrected chi connectivity index (χ4v) is 5.83. The number of carbonyl (C=O) groups is 2. The predicted octanol–water partition coefficient (Wildman–Crippen LogP) is 4.92. The van der Waals surface area contributed by atoms with Crippen LogP contribution in [0.4, 0.5) is 10.7 Å². The van der Waals surface area contributed by atoms with E-state index >= 15 is 0 Å². The molecule has 4 rings (SSSR count). The summed E-state index contributed by atoms with van der Waals surface area (Å²) in [5.74, 6) is 0.458. The number of likely N-dealkylation sites (tertiary alicyclic amines) is 1. The number of carbonyl (C=O) groups excluding carboxylic acids is 2. The molecule has 2 heterocycles. The Bertz CT molecular complexity index is 910. The molecule has 0 spiro atoms. The van der Waals surface area contributed by atoms with Crippen LogP contribution in [0.15, 0.2) is 28.7 Å². The second-order valence-corrected chi connectivity index (χ2v) is 10.1. The fraction of sp³-hybridized carbons (Fsp3) is 0.455. The second-order valence-electron chi connectivity index (χ2n) is 8.05. The number of benzene rings is 1. The van der Waals surface area contributed by atoms with Gasteiger partial charge in [-0.2, -0.15) is 0 Å². The molecule has 1 aromatic heterocycles. The molecule has 1 aromatic carbocycles. The van der Waals surface area contributed by atoms with Gasteiger partial charge in [-0.1, -0.05) is 22.9 Å². The van der Waals surface area contributed by atoms with Crippen molar-refractivity contribution in [3.05, 3.63) is 44.7 Å². The number of aryl methyl sites for hydroxylation is 1. The molecule has 29 heavy (non-hydrogen) atoms. The lowest BCUT2D eigenvalue weighted by Crippen LogP contribution is -2.39. The number of rotatable bonds is 5. The minimum atomic E-state index is -0.145. The number of fused-ring (bicyclic) bond motifs is 1. The SMILES string of the molecule is C[C@H]1CCCN(CC(=O)Nc2sc3c(c2C(=O)Nc2ccc(Br)cc2)CCC3)C1. The second kappa shape index (κ2) is 8.98. The zero-order valence-corrected chi connectivity index (χ0v) is 19.0. The van der Waals surface area contributed by atoms with Crippen LogP contribution in [0.1, 0.15) is 47.0 Å². The van der Waals surface area contributed by atoms with E-state index in [4.69, 9.17) is 0 Å². The van der Waals surface area contributed by atoms with Crippen molar-refractivity contribution in [2.75, 3.05) is 30.3 Å². The summed E-state index contributed by atoms with van der Waals surface area (Å²) in [5.41, 5.74) is 2.49. The summed E-state index contributed by atoms with van der Waals surface area (Å²) in [7, 11) is 0. The average Bonchev–Trinajstić information content (AvgIpc) is 3.24. The maximum Gasteiger partial charge on any atom is 0.258 e. The Balaban J connectivity index is 1.49. The third-order valence-corrected chi connectivity index (χ3v) is 7.35. The maximum absolute atomic E-state index is 13.1. The highest BCUT2D eigenvalue weighted by Crippen LogP contribution is 2.39. The van der Waals surface area contributed by atoms with Crippen LogP contribution >= 0.6 is 27.3 Å². The van der Waals surface area contributed by atoms with Gasteiger partial charge in [0.05, 0.1) is 12.1 Å². The summed E-state index contributed by atoms with van der Waals surface area (Å²) in [6.07, 6.45) is 5.32. The van der Waals surface area contributed by atoms with Crippen LogP contribution in [0, 0.1) is 5.92 Å². The molecule has 0 saturated carbocycles. The molecule has 154 valence electrons. The van der Waals surface area contributed by atoms with E-state index < -0.39 is 0 Å². The Kier molecular flexibility index (Phi) is 6.37. The molecular formula is C22H26BrN3O2S. The zero-order chi connectivity index (χ0) is 20.4. The van der Waals surface area contributed by atoms with Crippen LogP contribution < -0.4 is 10.6 Å². The van der Waals surface area contributed by atoms with Crippen molar-refractivity contribution in [1.82, 2.24) is 4.90 Å². The van der Waals surface area contributed by atoms with E-state index in [9.17, 15) is 9.59 Å². The first-order valence-electron chi connectivity index (χ1n) is 10.2. The number of hydrogen-bond acceptors (Lipinski definition) is 4. The normalized spacial score (nSPS) is 19.0. The molecule has 7 heteroatoms. The quantitative estimate of drug-likeness (QED) is 0.644. The lowest BCUT2D eigenvalue weighted by Gasteiger charge is -2.30. The van der Waals surface area contributed by atoms with Crippen molar-refractivity contribution in [1.29, 1.82) is 0 Å². The summed E-state index contributed by atoms with van der Waals surface area (Å²) in [4.78, 5) is 29.2. The van der Waals surface area contributed by atoms with Gasteiger partial charge in [-0.05, 0) is 74.4 Å². The van der Waals surface area contributed by atoms with E-state index in [-0.39, 0.29) is 11.8 Å². The third-order valence-electron chi connectivity index (χ3n) is 5.61. The number of nitrogens with zero attached hydrogens (tertiary/aromatic N) is 1. The van der Waals surface area contributed by atoms with E-state index in [1.165, 1.54) is 11.3 Å². The molecule has 1 atom stereocenters. The molecule has 1 fully saturated rings. The third kappa shape index (κ3) is 4.90. The van der Waals surface area contributed by atoms with E-state index in [1.807, 2.05) is 24.3 Å². The zero-order valence-electron chi connectivity index (χ0n) is 16.6. The minimum Gasteiger partial charge on any atom is -0.322 e. The first kappa shape index (κ1) is 20.6. The van der Waals surface area contributed by atoms with Gasteiger partial charge >= 0.3 is 0 Å². The number of halogens is 1. The number of amides is 2. The smallest absolute Gasteiger partial charge is 0.258 e. The number of thiophene rings is 1. The van der Waals surface area contributed by atoms with Gasteiger partial charge in [0.1, 0.15) is 5.00 Å². The van der Waals surface area contributed by atoms with Gasteiger partial charge in [0.15, 0.2) is 0 Å². The summed E-state index contributed by atoms with van der Waals surface area (Å²) < 4.78 is 0.965. The van der Waals surface area contributed by atoms with Crippen LogP contribution in [0.2, 0.25) is 0 Å². The molecule has 0 radical (unpaired) electrons. The van der Waals surface area contributed by atoms with E-state index in [0.717, 1.165) is 54.5 Å². The van der Waals surface area contributed by atoms with Crippen LogP contribution in [0.5, 0.6) is 0 Å². The van der Waals surface area contributed by atoms with Gasteiger partial charge in [0.2, 0.25) is 5.91 Å². The Hall–Kier alpha value is -1.70. The van der Waals surface area contributed by atoms with Crippen molar-refractivity contribution >= 4 is 49.8 Å². The average molecular weight is 476 g/mol. The topological polar surface area (TPSA) is 61.4 Å². The molecule has 5 nitrogen and oxygen atoms in total. The van der Waals surface area contributed by atoms with Gasteiger partial charge in [-0.3, -0.25) is 14.5 Å². The van der Waals surface area contributed by atoms with Gasteiger partial charge < -0.3 is 10.6 Å². The minimum absolute atomic E-state index is 0.0308. The molecule has 1 aliphatic carbocycles. The Morgan fingerprint density at radius 3 is 2.72 bits per heavy atom. The molecular weight excluding hydrogens is 450 g/mol. The lowest BCUT2D eigenvalue weighted by molar-refractivity contribution is -0.117. The maximum atomic E-state index is 13.1. The van der Waals surface area contributed by atoms with Gasteiger partial charge in [0.25, 0.3) is 5.91 Å². The Morgan fingerprint density at radius 2 is 1.97 bits per heavy atom. The van der Waals surface area contributed by atoms with Crippen LogP contribution in [0.3, 0.4) is 0 Å². The standard InChI is InChI=1S/C22H26BrN3O2S/c1-14-4-3-11-26(12-14)13-19(27)25-22-20(17-5-2-6-18(17)29-22)21(28)24-16-9-7-15(23)8-10-16/h7-10,14H,2-6,11-13H2,1H3,(H,24,28)(H,25,27)/t14-/m0/s1. The first-order chi connectivity index (χ1) is 14.0. The molecule has 2 aromatic rings.